The van der Waals surface area contributed by atoms with Crippen LogP contribution in [0.1, 0.15) is 37.3 Å². The van der Waals surface area contributed by atoms with Gasteiger partial charge in [-0.25, -0.2) is 0 Å². The molecule has 0 aliphatic carbocycles. The quantitative estimate of drug-likeness (QED) is 0.762. The van der Waals surface area contributed by atoms with Gasteiger partial charge in [-0.15, -0.1) is 0 Å². The van der Waals surface area contributed by atoms with Gasteiger partial charge >= 0.3 is 6.18 Å². The Kier molecular flexibility index (Phi) is 6.27. The Morgan fingerprint density at radius 1 is 1.24 bits per heavy atom. The van der Waals surface area contributed by atoms with Gasteiger partial charge in [-0.2, -0.15) is 13.2 Å². The molecule has 1 aliphatic rings. The largest absolute Gasteiger partial charge is 0.416 e. The second-order valence-corrected chi connectivity index (χ2v) is 6.85. The molecule has 6 heteroatoms. The minimum atomic E-state index is -4.35. The topological polar surface area (TPSA) is 23.6 Å². The molecular weight excluding hydrogens is 329 g/mol. The number of hydrogen-bond donors (Lipinski definition) is 0. The van der Waals surface area contributed by atoms with Crippen molar-refractivity contribution in [3.05, 3.63) is 41.5 Å². The predicted molar refractivity (Wildman–Crippen MR) is 93.0 cm³/mol. The number of halogens is 3. The third-order valence-corrected chi connectivity index (χ3v) is 4.49. The molecule has 3 nitrogen and oxygen atoms in total. The zero-order valence-electron chi connectivity index (χ0n) is 14.9. The molecule has 1 fully saturated rings. The smallest absolute Gasteiger partial charge is 0.335 e. The van der Waals surface area contributed by atoms with Gasteiger partial charge in [0, 0.05) is 25.2 Å². The number of nitrogens with zero attached hydrogens (tertiary/aromatic N) is 2. The second kappa shape index (κ2) is 8.04. The van der Waals surface area contributed by atoms with Gasteiger partial charge < -0.3 is 9.80 Å². The minimum Gasteiger partial charge on any atom is -0.335 e. The molecule has 0 bridgehead atoms. The molecule has 0 N–H and O–H groups in total. The maximum atomic E-state index is 12.7. The highest BCUT2D eigenvalue weighted by Crippen LogP contribution is 2.30. The van der Waals surface area contributed by atoms with Crippen LogP contribution < -0.4 is 0 Å². The molecule has 0 spiro atoms. The number of amides is 1. The van der Waals surface area contributed by atoms with E-state index in [9.17, 15) is 18.0 Å². The Bertz CT molecular complexity index is 621. The average molecular weight is 354 g/mol. The molecule has 1 aromatic rings. The Balaban J connectivity index is 2.13. The summed E-state index contributed by atoms with van der Waals surface area (Å²) in [6.07, 6.45) is 0.277. The molecule has 1 atom stereocenters. The van der Waals surface area contributed by atoms with Crippen molar-refractivity contribution < 1.29 is 18.0 Å². The first-order chi connectivity index (χ1) is 11.7. The summed E-state index contributed by atoms with van der Waals surface area (Å²) in [7, 11) is 3.97. The zero-order chi connectivity index (χ0) is 18.6. The maximum absolute atomic E-state index is 12.7. The first-order valence-corrected chi connectivity index (χ1v) is 8.49. The number of alkyl halides is 3. The predicted octanol–water partition coefficient (Wildman–Crippen LogP) is 4.05. The minimum absolute atomic E-state index is 0.0658. The van der Waals surface area contributed by atoms with Crippen LogP contribution in [0.15, 0.2) is 30.3 Å². The highest BCUT2D eigenvalue weighted by atomic mass is 19.4. The fourth-order valence-corrected chi connectivity index (χ4v) is 3.18. The molecule has 0 radical (unpaired) electrons. The average Bonchev–Trinajstić information content (AvgIpc) is 2.54. The lowest BCUT2D eigenvalue weighted by Gasteiger charge is -2.36. The number of allylic oxidation sites excluding steroid dienone is 1. The Morgan fingerprint density at radius 3 is 2.44 bits per heavy atom. The van der Waals surface area contributed by atoms with Gasteiger partial charge in [0.05, 0.1) is 5.56 Å². The van der Waals surface area contributed by atoms with E-state index in [-0.39, 0.29) is 11.9 Å². The molecule has 1 unspecified atom stereocenters. The maximum Gasteiger partial charge on any atom is 0.416 e. The first kappa shape index (κ1) is 19.5. The SMILES string of the molecule is CC(=CC(=O)N1CCCCC1CN(C)C)c1ccc(C(F)(F)F)cc1. The molecule has 1 saturated heterocycles. The van der Waals surface area contributed by atoms with Crippen molar-refractivity contribution >= 4 is 11.5 Å². The van der Waals surface area contributed by atoms with Crippen LogP contribution in [0.2, 0.25) is 0 Å². The monoisotopic (exact) mass is 354 g/mol. The van der Waals surface area contributed by atoms with Gasteiger partial charge in [-0.3, -0.25) is 4.79 Å². The van der Waals surface area contributed by atoms with Gasteiger partial charge in [0.2, 0.25) is 5.91 Å². The van der Waals surface area contributed by atoms with E-state index >= 15 is 0 Å². The van der Waals surface area contributed by atoms with Crippen molar-refractivity contribution in [2.24, 2.45) is 0 Å². The van der Waals surface area contributed by atoms with Crippen molar-refractivity contribution in [2.75, 3.05) is 27.2 Å². The van der Waals surface area contributed by atoms with Crippen LogP contribution in [-0.4, -0.2) is 48.9 Å². The van der Waals surface area contributed by atoms with E-state index in [1.54, 1.807) is 6.92 Å². The molecule has 0 aromatic heterocycles. The van der Waals surface area contributed by atoms with Crippen molar-refractivity contribution in [3.8, 4) is 0 Å². The third kappa shape index (κ3) is 5.33. The van der Waals surface area contributed by atoms with E-state index < -0.39 is 11.7 Å². The molecule has 25 heavy (non-hydrogen) atoms. The van der Waals surface area contributed by atoms with E-state index in [2.05, 4.69) is 4.90 Å². The van der Waals surface area contributed by atoms with E-state index in [0.717, 1.165) is 44.5 Å². The fourth-order valence-electron chi connectivity index (χ4n) is 3.18. The van der Waals surface area contributed by atoms with Crippen LogP contribution in [0, 0.1) is 0 Å². The van der Waals surface area contributed by atoms with Gasteiger partial charge in [-0.05, 0) is 63.6 Å². The van der Waals surface area contributed by atoms with Gasteiger partial charge in [0.15, 0.2) is 0 Å². The first-order valence-electron chi connectivity index (χ1n) is 8.49. The molecule has 2 rings (SSSR count). The van der Waals surface area contributed by atoms with E-state index in [4.69, 9.17) is 0 Å². The summed E-state index contributed by atoms with van der Waals surface area (Å²) in [5.74, 6) is -0.0658. The third-order valence-electron chi connectivity index (χ3n) is 4.49. The number of piperidine rings is 1. The van der Waals surface area contributed by atoms with Gasteiger partial charge in [0.1, 0.15) is 0 Å². The van der Waals surface area contributed by atoms with Crippen LogP contribution in [-0.2, 0) is 11.0 Å². The van der Waals surface area contributed by atoms with E-state index in [0.29, 0.717) is 11.1 Å². The zero-order valence-corrected chi connectivity index (χ0v) is 14.9. The highest BCUT2D eigenvalue weighted by molar-refractivity contribution is 5.95. The van der Waals surface area contributed by atoms with Crippen LogP contribution in [0.3, 0.4) is 0 Å². The van der Waals surface area contributed by atoms with Crippen molar-refractivity contribution in [1.29, 1.82) is 0 Å². The standard InChI is InChI=1S/C19H25F3N2O/c1-14(15-7-9-16(10-8-15)19(20,21)22)12-18(25)24-11-5-4-6-17(24)13-23(2)3/h7-10,12,17H,4-6,11,13H2,1-3H3. The summed E-state index contributed by atoms with van der Waals surface area (Å²) in [5.41, 5.74) is 0.618. The van der Waals surface area contributed by atoms with Gasteiger partial charge in [-0.1, -0.05) is 12.1 Å². The van der Waals surface area contributed by atoms with Crippen LogP contribution in [0.4, 0.5) is 13.2 Å². The number of rotatable bonds is 4. The summed E-state index contributed by atoms with van der Waals surface area (Å²) >= 11 is 0. The lowest BCUT2D eigenvalue weighted by atomic mass is 10.0. The van der Waals surface area contributed by atoms with Crippen LogP contribution >= 0.6 is 0 Å². The lowest BCUT2D eigenvalue weighted by Crippen LogP contribution is -2.47. The molecular formula is C19H25F3N2O. The van der Waals surface area contributed by atoms with E-state index in [1.807, 2.05) is 19.0 Å². The molecule has 1 amide bonds. The fraction of sp³-hybridized carbons (Fsp3) is 0.526. The summed E-state index contributed by atoms with van der Waals surface area (Å²) < 4.78 is 37.9. The van der Waals surface area contributed by atoms with E-state index in [1.165, 1.54) is 18.2 Å². The van der Waals surface area contributed by atoms with Crippen LogP contribution in [0.25, 0.3) is 5.57 Å². The molecule has 138 valence electrons. The lowest BCUT2D eigenvalue weighted by molar-refractivity contribution is -0.137. The molecule has 1 heterocycles. The molecule has 1 aliphatic heterocycles. The van der Waals surface area contributed by atoms with Crippen molar-refractivity contribution in [1.82, 2.24) is 9.80 Å². The number of hydrogen-bond acceptors (Lipinski definition) is 2. The normalized spacial score (nSPS) is 19.4. The number of likely N-dealkylation sites (tertiary alicyclic amines) is 1. The Labute approximate surface area is 147 Å². The van der Waals surface area contributed by atoms with Crippen molar-refractivity contribution in [3.63, 3.8) is 0 Å². The number of carbonyl (C=O) groups excluding carboxylic acids is 1. The highest BCUT2D eigenvalue weighted by Gasteiger charge is 2.30. The summed E-state index contributed by atoms with van der Waals surface area (Å²) in [6.45, 7) is 3.30. The number of likely N-dealkylation sites (N-methyl/N-ethyl adjacent to an activating group) is 1. The van der Waals surface area contributed by atoms with Crippen molar-refractivity contribution in [2.45, 2.75) is 38.4 Å². The summed E-state index contributed by atoms with van der Waals surface area (Å²) in [4.78, 5) is 16.6. The second-order valence-electron chi connectivity index (χ2n) is 6.85. The van der Waals surface area contributed by atoms with Crippen LogP contribution in [0.5, 0.6) is 0 Å². The Morgan fingerprint density at radius 2 is 1.88 bits per heavy atom. The Hall–Kier alpha value is -1.82. The summed E-state index contributed by atoms with van der Waals surface area (Å²) in [6, 6.07) is 5.11. The number of benzene rings is 1. The molecule has 1 aromatic carbocycles. The van der Waals surface area contributed by atoms with Gasteiger partial charge in [0.25, 0.3) is 0 Å². The summed E-state index contributed by atoms with van der Waals surface area (Å²) in [5, 5.41) is 0. The number of carbonyl (C=O) groups is 1. The molecule has 0 saturated carbocycles.